The van der Waals surface area contributed by atoms with Crippen molar-refractivity contribution >= 4 is 21.7 Å². The second-order valence-corrected chi connectivity index (χ2v) is 4.34. The molecule has 0 unspecified atom stereocenters. The van der Waals surface area contributed by atoms with E-state index >= 15 is 0 Å². The maximum Gasteiger partial charge on any atom is 0.258 e. The van der Waals surface area contributed by atoms with Crippen LogP contribution in [0.25, 0.3) is 0 Å². The van der Waals surface area contributed by atoms with Crippen LogP contribution in [0.5, 0.6) is 11.6 Å². The van der Waals surface area contributed by atoms with Crippen molar-refractivity contribution < 1.29 is 17.9 Å². The molecule has 0 aliphatic carbocycles. The molecule has 0 saturated carbocycles. The Balaban J connectivity index is 2.40. The number of nitrogens with zero attached hydrogens (tertiary/aromatic N) is 1. The first-order valence-electron chi connectivity index (χ1n) is 4.97. The van der Waals surface area contributed by atoms with Crippen LogP contribution in [0.1, 0.15) is 0 Å². The standard InChI is InChI=1S/C11H7BrF3N3O/c12-5-1-2-6(13)9(3-5)19-11-8(15)4-7(14)10(17-11)18-16/h1-4H,16H2,(H,17,18). The summed E-state index contributed by atoms with van der Waals surface area (Å²) in [4.78, 5) is 3.47. The number of nitrogen functional groups attached to an aromatic ring is 1. The predicted octanol–water partition coefficient (Wildman–Crippen LogP) is 3.34. The third-order valence-electron chi connectivity index (χ3n) is 2.13. The molecule has 0 spiro atoms. The molecule has 0 amide bonds. The van der Waals surface area contributed by atoms with E-state index in [9.17, 15) is 13.2 Å². The lowest BCUT2D eigenvalue weighted by atomic mass is 10.3. The number of pyridine rings is 1. The molecule has 100 valence electrons. The number of rotatable bonds is 3. The molecule has 1 aromatic carbocycles. The number of ether oxygens (including phenoxy) is 1. The van der Waals surface area contributed by atoms with Crippen molar-refractivity contribution in [3.05, 3.63) is 46.2 Å². The Morgan fingerprint density at radius 2 is 1.84 bits per heavy atom. The van der Waals surface area contributed by atoms with Crippen molar-refractivity contribution in [2.45, 2.75) is 0 Å². The van der Waals surface area contributed by atoms with Crippen LogP contribution in [-0.4, -0.2) is 4.98 Å². The van der Waals surface area contributed by atoms with Gasteiger partial charge in [0.25, 0.3) is 5.88 Å². The molecule has 1 aromatic heterocycles. The fourth-order valence-electron chi connectivity index (χ4n) is 1.28. The van der Waals surface area contributed by atoms with Crippen LogP contribution in [0.15, 0.2) is 28.7 Å². The van der Waals surface area contributed by atoms with Gasteiger partial charge in [-0.2, -0.15) is 4.98 Å². The van der Waals surface area contributed by atoms with E-state index in [1.807, 2.05) is 5.43 Å². The average Bonchev–Trinajstić information content (AvgIpc) is 2.37. The molecule has 2 rings (SSSR count). The Bertz CT molecular complexity index is 624. The summed E-state index contributed by atoms with van der Waals surface area (Å²) in [5.41, 5.74) is 1.94. The highest BCUT2D eigenvalue weighted by Crippen LogP contribution is 2.29. The molecule has 0 bridgehead atoms. The van der Waals surface area contributed by atoms with Gasteiger partial charge >= 0.3 is 0 Å². The van der Waals surface area contributed by atoms with Crippen molar-refractivity contribution in [1.29, 1.82) is 0 Å². The highest BCUT2D eigenvalue weighted by molar-refractivity contribution is 9.10. The zero-order chi connectivity index (χ0) is 14.0. The number of halogens is 4. The largest absolute Gasteiger partial charge is 0.433 e. The van der Waals surface area contributed by atoms with Crippen molar-refractivity contribution in [3.63, 3.8) is 0 Å². The van der Waals surface area contributed by atoms with E-state index < -0.39 is 29.1 Å². The van der Waals surface area contributed by atoms with Crippen molar-refractivity contribution in [2.75, 3.05) is 5.43 Å². The third-order valence-corrected chi connectivity index (χ3v) is 2.63. The predicted molar refractivity (Wildman–Crippen MR) is 66.1 cm³/mol. The number of benzene rings is 1. The number of anilines is 1. The summed E-state index contributed by atoms with van der Waals surface area (Å²) in [5.74, 6) is 0.979. The second-order valence-electron chi connectivity index (χ2n) is 3.43. The number of aromatic nitrogens is 1. The van der Waals surface area contributed by atoms with Gasteiger partial charge in [0, 0.05) is 10.5 Å². The Hall–Kier alpha value is -1.80. The van der Waals surface area contributed by atoms with Gasteiger partial charge in [0.15, 0.2) is 29.0 Å². The lowest BCUT2D eigenvalue weighted by molar-refractivity contribution is 0.395. The minimum absolute atomic E-state index is 0.254. The maximum atomic E-state index is 13.5. The number of nitrogens with one attached hydrogen (secondary N) is 1. The van der Waals surface area contributed by atoms with Gasteiger partial charge in [-0.3, -0.25) is 0 Å². The minimum Gasteiger partial charge on any atom is -0.433 e. The van der Waals surface area contributed by atoms with E-state index in [1.165, 1.54) is 12.1 Å². The van der Waals surface area contributed by atoms with Crippen LogP contribution < -0.4 is 16.0 Å². The van der Waals surface area contributed by atoms with E-state index in [4.69, 9.17) is 10.6 Å². The van der Waals surface area contributed by atoms with Crippen molar-refractivity contribution in [2.24, 2.45) is 5.84 Å². The zero-order valence-electron chi connectivity index (χ0n) is 9.25. The Morgan fingerprint density at radius 1 is 1.11 bits per heavy atom. The summed E-state index contributed by atoms with van der Waals surface area (Å²) >= 11 is 3.11. The van der Waals surface area contributed by atoms with Gasteiger partial charge in [-0.25, -0.2) is 19.0 Å². The molecule has 0 radical (unpaired) electrons. The van der Waals surface area contributed by atoms with E-state index in [2.05, 4.69) is 20.9 Å². The highest BCUT2D eigenvalue weighted by atomic mass is 79.9. The molecule has 0 aliphatic heterocycles. The summed E-state index contributed by atoms with van der Waals surface area (Å²) in [7, 11) is 0. The van der Waals surface area contributed by atoms with Gasteiger partial charge in [0.2, 0.25) is 0 Å². The van der Waals surface area contributed by atoms with E-state index in [1.54, 1.807) is 0 Å². The van der Waals surface area contributed by atoms with Gasteiger partial charge < -0.3 is 10.2 Å². The molecular formula is C11H7BrF3N3O. The fourth-order valence-corrected chi connectivity index (χ4v) is 1.62. The van der Waals surface area contributed by atoms with Gasteiger partial charge in [-0.1, -0.05) is 15.9 Å². The number of hydrazine groups is 1. The summed E-state index contributed by atoms with van der Waals surface area (Å²) in [6.45, 7) is 0. The molecular weight excluding hydrogens is 327 g/mol. The van der Waals surface area contributed by atoms with Crippen LogP contribution in [0.3, 0.4) is 0 Å². The van der Waals surface area contributed by atoms with Crippen LogP contribution in [-0.2, 0) is 0 Å². The lowest BCUT2D eigenvalue weighted by Crippen LogP contribution is -2.11. The van der Waals surface area contributed by atoms with Gasteiger partial charge in [0.1, 0.15) is 0 Å². The molecule has 0 fully saturated rings. The molecule has 1 heterocycles. The summed E-state index contributed by atoms with van der Waals surface area (Å²) < 4.78 is 45.5. The Labute approximate surface area is 114 Å². The van der Waals surface area contributed by atoms with Crippen molar-refractivity contribution in [1.82, 2.24) is 4.98 Å². The summed E-state index contributed by atoms with van der Waals surface area (Å²) in [6.07, 6.45) is 0. The third kappa shape index (κ3) is 2.96. The van der Waals surface area contributed by atoms with Gasteiger partial charge in [-0.05, 0) is 18.2 Å². The smallest absolute Gasteiger partial charge is 0.258 e. The van der Waals surface area contributed by atoms with Gasteiger partial charge in [0.05, 0.1) is 0 Å². The first-order valence-corrected chi connectivity index (χ1v) is 5.76. The first-order chi connectivity index (χ1) is 9.01. The van der Waals surface area contributed by atoms with Crippen LogP contribution in [0.4, 0.5) is 19.0 Å². The fraction of sp³-hybridized carbons (Fsp3) is 0. The molecule has 0 atom stereocenters. The quantitative estimate of drug-likeness (QED) is 0.668. The number of hydrogen-bond donors (Lipinski definition) is 2. The highest BCUT2D eigenvalue weighted by Gasteiger charge is 2.15. The van der Waals surface area contributed by atoms with Crippen molar-refractivity contribution in [3.8, 4) is 11.6 Å². The van der Waals surface area contributed by atoms with E-state index in [0.29, 0.717) is 10.5 Å². The van der Waals surface area contributed by atoms with Crippen LogP contribution >= 0.6 is 15.9 Å². The minimum atomic E-state index is -1.07. The monoisotopic (exact) mass is 333 g/mol. The molecule has 19 heavy (non-hydrogen) atoms. The van der Waals surface area contributed by atoms with Crippen LogP contribution in [0, 0.1) is 17.5 Å². The topological polar surface area (TPSA) is 60.2 Å². The summed E-state index contributed by atoms with van der Waals surface area (Å²) in [5, 5.41) is 0. The second kappa shape index (κ2) is 5.45. The number of hydrogen-bond acceptors (Lipinski definition) is 4. The Morgan fingerprint density at radius 3 is 2.53 bits per heavy atom. The average molecular weight is 334 g/mol. The van der Waals surface area contributed by atoms with E-state index in [-0.39, 0.29) is 5.75 Å². The van der Waals surface area contributed by atoms with Crippen LogP contribution in [0.2, 0.25) is 0 Å². The molecule has 0 saturated heterocycles. The molecule has 3 N–H and O–H groups in total. The molecule has 8 heteroatoms. The normalized spacial score (nSPS) is 10.4. The maximum absolute atomic E-state index is 13.5. The summed E-state index contributed by atoms with van der Waals surface area (Å²) in [6, 6.07) is 4.40. The molecule has 0 aliphatic rings. The number of nitrogens with two attached hydrogens (primary N) is 1. The molecule has 2 aromatic rings. The SMILES string of the molecule is NNc1nc(Oc2cc(Br)ccc2F)c(F)cc1F. The van der Waals surface area contributed by atoms with E-state index in [0.717, 1.165) is 6.07 Å². The van der Waals surface area contributed by atoms with Gasteiger partial charge in [-0.15, -0.1) is 0 Å². The zero-order valence-corrected chi connectivity index (χ0v) is 10.8. The molecule has 4 nitrogen and oxygen atoms in total. The Kier molecular flexibility index (Phi) is 3.91. The lowest BCUT2D eigenvalue weighted by Gasteiger charge is -2.09. The first kappa shape index (κ1) is 13.6.